The van der Waals surface area contributed by atoms with Crippen molar-refractivity contribution in [1.82, 2.24) is 10.6 Å². The molecule has 14 unspecified atom stereocenters. The molecule has 4 saturated carbocycles. The monoisotopic (exact) mass is 1360 g/mol. The first-order valence-electron chi connectivity index (χ1n) is 37.9. The van der Waals surface area contributed by atoms with E-state index in [0.717, 1.165) is 68.9 Å². The lowest BCUT2D eigenvalue weighted by Gasteiger charge is -2.72. The van der Waals surface area contributed by atoms with Gasteiger partial charge in [-0.3, -0.25) is 9.59 Å². The SMILES string of the molecule is CC[C@@H]1O[C@@H]2C(OC2(OC(=O)C23CCC(C)(C)CC2C2=CCC4C5(C)CC[C@H](C)[C@](C)(C=O)[C@@H]5CC[C@]4(C)[C@]2(C)C[C@@H]3C)[C@@H]2O[C@H](C)C(O[C@@H]3OCC(OCc4ccccc4)C(OCc4ccccc4)C3C)C3OC(C)(C)OC32)C(C)C1NC(=O)CCCCCNC(=O)OC(C)(C)C. The van der Waals surface area contributed by atoms with Crippen LogP contribution in [0.25, 0.3) is 0 Å². The molecule has 2 amide bonds. The topological polar surface area (TPSA) is 194 Å². The average Bonchev–Trinajstić information content (AvgIpc) is 0.913. The summed E-state index contributed by atoms with van der Waals surface area (Å²) in [5.74, 6) is -3.10. The molecule has 0 aromatic heterocycles. The van der Waals surface area contributed by atoms with Crippen LogP contribution >= 0.6 is 0 Å². The van der Waals surface area contributed by atoms with E-state index in [1.165, 1.54) is 11.9 Å². The predicted octanol–water partition coefficient (Wildman–Crippen LogP) is 14.7. The zero-order valence-corrected chi connectivity index (χ0v) is 62.2. The Bertz CT molecular complexity index is 3190. The lowest BCUT2D eigenvalue weighted by atomic mass is 9.32. The van der Waals surface area contributed by atoms with E-state index in [9.17, 15) is 14.4 Å². The summed E-state index contributed by atoms with van der Waals surface area (Å²) in [5.41, 5.74) is 1.27. The van der Waals surface area contributed by atoms with E-state index >= 15 is 4.79 Å². The molecule has 17 heteroatoms. The molecule has 2 aromatic carbocycles. The molecule has 5 heterocycles. The number of aldehydes is 1. The summed E-state index contributed by atoms with van der Waals surface area (Å²) in [4.78, 5) is 56.6. The highest BCUT2D eigenvalue weighted by Crippen LogP contribution is 2.77. The molecular formula is C81H120N2O15. The maximum atomic E-state index is 17.0. The molecule has 2 N–H and O–H groups in total. The lowest BCUT2D eigenvalue weighted by Crippen LogP contribution is -2.82. The van der Waals surface area contributed by atoms with Crippen LogP contribution in [0.15, 0.2) is 72.3 Å². The molecule has 10 aliphatic rings. The van der Waals surface area contributed by atoms with E-state index in [1.807, 2.05) is 77.9 Å². The molecule has 0 bridgehead atoms. The van der Waals surface area contributed by atoms with Gasteiger partial charge in [-0.05, 0) is 181 Å². The molecule has 2 aromatic rings. The summed E-state index contributed by atoms with van der Waals surface area (Å²) < 4.78 is 77.0. The normalized spacial score (nSPS) is 43.7. The van der Waals surface area contributed by atoms with Gasteiger partial charge < -0.3 is 67.5 Å². The number of benzene rings is 2. The van der Waals surface area contributed by atoms with Gasteiger partial charge >= 0.3 is 12.1 Å². The summed E-state index contributed by atoms with van der Waals surface area (Å²) >= 11 is 0. The fourth-order valence-corrected chi connectivity index (χ4v) is 21.4. The average molecular weight is 1360 g/mol. The first-order valence-corrected chi connectivity index (χ1v) is 37.9. The zero-order valence-electron chi connectivity index (χ0n) is 62.2. The molecule has 0 radical (unpaired) electrons. The number of carbonyl (C=O) groups is 4. The van der Waals surface area contributed by atoms with Crippen molar-refractivity contribution in [3.05, 3.63) is 83.4 Å². The number of ether oxygens (including phenoxy) is 11. The van der Waals surface area contributed by atoms with E-state index in [-0.39, 0.29) is 69.2 Å². The molecule has 5 saturated heterocycles. The highest BCUT2D eigenvalue weighted by Gasteiger charge is 2.77. The van der Waals surface area contributed by atoms with Crippen LogP contribution in [0, 0.1) is 73.9 Å². The molecule has 544 valence electrons. The number of unbranched alkanes of at least 4 members (excludes halogenated alkanes) is 2. The first-order chi connectivity index (χ1) is 46.3. The van der Waals surface area contributed by atoms with Gasteiger partial charge in [-0.1, -0.05) is 155 Å². The Balaban J connectivity index is 0.848. The Labute approximate surface area is 585 Å². The van der Waals surface area contributed by atoms with Crippen LogP contribution in [0.3, 0.4) is 0 Å². The highest BCUT2D eigenvalue weighted by atomic mass is 16.8. The molecule has 0 spiro atoms. The number of esters is 1. The van der Waals surface area contributed by atoms with E-state index in [4.69, 9.17) is 52.1 Å². The summed E-state index contributed by atoms with van der Waals surface area (Å²) in [6.45, 7) is 38.2. The van der Waals surface area contributed by atoms with Gasteiger partial charge in [-0.2, -0.15) is 0 Å². The molecule has 25 atom stereocenters. The van der Waals surface area contributed by atoms with Crippen molar-refractivity contribution in [3.8, 4) is 0 Å². The number of hydrogen-bond donors (Lipinski definition) is 2. The van der Waals surface area contributed by atoms with Gasteiger partial charge in [0.2, 0.25) is 5.91 Å². The van der Waals surface area contributed by atoms with Crippen LogP contribution in [0.2, 0.25) is 0 Å². The van der Waals surface area contributed by atoms with Gasteiger partial charge in [-0.25, -0.2) is 4.79 Å². The lowest BCUT2D eigenvalue weighted by molar-refractivity contribution is -0.465. The van der Waals surface area contributed by atoms with Gasteiger partial charge in [0.1, 0.15) is 36.3 Å². The van der Waals surface area contributed by atoms with Crippen molar-refractivity contribution in [2.24, 2.45) is 73.9 Å². The highest BCUT2D eigenvalue weighted by molar-refractivity contribution is 5.80. The minimum Gasteiger partial charge on any atom is -0.444 e. The Morgan fingerprint density at radius 1 is 0.704 bits per heavy atom. The number of amides is 2. The van der Waals surface area contributed by atoms with Crippen molar-refractivity contribution >= 4 is 24.3 Å². The van der Waals surface area contributed by atoms with Crippen LogP contribution in [0.4, 0.5) is 4.79 Å². The van der Waals surface area contributed by atoms with Crippen molar-refractivity contribution in [2.45, 2.75) is 311 Å². The van der Waals surface area contributed by atoms with Crippen molar-refractivity contribution in [3.63, 3.8) is 0 Å². The number of rotatable bonds is 20. The van der Waals surface area contributed by atoms with Gasteiger partial charge in [0.15, 0.2) is 24.3 Å². The van der Waals surface area contributed by atoms with E-state index < -0.39 is 102 Å². The number of alkyl carbamates (subject to hydrolysis) is 1. The molecule has 12 rings (SSSR count). The summed E-state index contributed by atoms with van der Waals surface area (Å²) in [5, 5.41) is 6.20. The van der Waals surface area contributed by atoms with Crippen LogP contribution in [-0.2, 0) is 79.7 Å². The quantitative estimate of drug-likeness (QED) is 0.0550. The van der Waals surface area contributed by atoms with Gasteiger partial charge in [0.25, 0.3) is 5.79 Å². The van der Waals surface area contributed by atoms with Crippen LogP contribution < -0.4 is 10.6 Å². The molecule has 98 heavy (non-hydrogen) atoms. The molecule has 9 fully saturated rings. The minimum atomic E-state index is -1.83. The van der Waals surface area contributed by atoms with Crippen LogP contribution in [-0.4, -0.2) is 128 Å². The van der Waals surface area contributed by atoms with E-state index in [2.05, 4.69) is 117 Å². The number of hydrogen-bond acceptors (Lipinski definition) is 15. The number of nitrogens with one attached hydrogen (secondary N) is 2. The predicted molar refractivity (Wildman–Crippen MR) is 372 cm³/mol. The molecule has 5 aliphatic heterocycles. The first kappa shape index (κ1) is 73.5. The molecular weight excluding hydrogens is 1240 g/mol. The van der Waals surface area contributed by atoms with Crippen molar-refractivity contribution in [2.75, 3.05) is 13.2 Å². The Morgan fingerprint density at radius 2 is 1.38 bits per heavy atom. The Hall–Kier alpha value is -4.30. The second kappa shape index (κ2) is 27.7. The third-order valence-corrected chi connectivity index (χ3v) is 27.1. The van der Waals surface area contributed by atoms with Crippen LogP contribution in [0.5, 0.6) is 0 Å². The number of fused-ring (bicyclic) bond motifs is 9. The Kier molecular flexibility index (Phi) is 20.8. The maximum absolute atomic E-state index is 17.0. The van der Waals surface area contributed by atoms with Crippen LogP contribution in [0.1, 0.15) is 219 Å². The summed E-state index contributed by atoms with van der Waals surface area (Å²) in [6, 6.07) is 19.8. The third kappa shape index (κ3) is 13.2. The summed E-state index contributed by atoms with van der Waals surface area (Å²) in [7, 11) is 0. The molecule has 17 nitrogen and oxygen atoms in total. The Morgan fingerprint density at radius 3 is 2.05 bits per heavy atom. The van der Waals surface area contributed by atoms with E-state index in [1.54, 1.807) is 0 Å². The maximum Gasteiger partial charge on any atom is 0.407 e. The van der Waals surface area contributed by atoms with Crippen molar-refractivity contribution < 1.29 is 71.3 Å². The third-order valence-electron chi connectivity index (χ3n) is 27.1. The standard InChI is InChI=1S/C81H120N2O15/c1-18-57-62(83-61(85)32-26-21-27-41-82-72(87)98-73(7,8)9)50(4)64-68(92-57)81(96-64,97-71(86)80-40-39-74(10,11)43-56(80)55-33-34-60-76(14)37-35-48(2)77(15,47-84)59(76)36-38-78(60,16)79(55,17)42-49(80)3)69-67-66(94-75(12,13)95-67)65(52(6)91-69)93-70-51(5)63(89-45-54-30-24-20-25-31-54)58(46-90-70)88-44-53-28-22-19-23-29-53/h19-20,22-25,28-31,33,47-52,56-60,62-70H,18,21,26-27,32,34-46H2,1-17H3,(H,82,87)(H,83,85)/t48-,49-,50?,51?,52+,56?,57-,58?,59+,60?,62?,63?,64?,65?,66?,67?,68+,69+,70-,76?,77-,78-,79+,80?,81?/m0/s1. The smallest absolute Gasteiger partial charge is 0.407 e. The second-order valence-corrected chi connectivity index (χ2v) is 35.3. The summed E-state index contributed by atoms with van der Waals surface area (Å²) in [6.07, 6.45) is 7.07. The zero-order chi connectivity index (χ0) is 70.3. The fraction of sp³-hybridized carbons (Fsp3) is 0.778. The van der Waals surface area contributed by atoms with Crippen molar-refractivity contribution in [1.29, 1.82) is 0 Å². The molecule has 5 aliphatic carbocycles. The number of carbonyl (C=O) groups excluding carboxylic acids is 4. The van der Waals surface area contributed by atoms with Gasteiger partial charge in [0, 0.05) is 30.2 Å². The number of allylic oxidation sites excluding steroid dienone is 2. The fourth-order valence-electron chi connectivity index (χ4n) is 21.4. The second-order valence-electron chi connectivity index (χ2n) is 35.3. The van der Waals surface area contributed by atoms with Gasteiger partial charge in [0.05, 0.1) is 55.7 Å². The van der Waals surface area contributed by atoms with Gasteiger partial charge in [-0.15, -0.1) is 0 Å². The largest absolute Gasteiger partial charge is 0.444 e. The minimum absolute atomic E-state index is 0.00664. The van der Waals surface area contributed by atoms with E-state index in [0.29, 0.717) is 69.6 Å².